The van der Waals surface area contributed by atoms with E-state index in [1.54, 1.807) is 4.90 Å². The van der Waals surface area contributed by atoms with Crippen LogP contribution in [0.1, 0.15) is 44.6 Å². The van der Waals surface area contributed by atoms with E-state index in [-0.39, 0.29) is 29.9 Å². The van der Waals surface area contributed by atoms with Crippen molar-refractivity contribution in [2.75, 3.05) is 6.61 Å². The van der Waals surface area contributed by atoms with Crippen LogP contribution in [0.5, 0.6) is 0 Å². The van der Waals surface area contributed by atoms with Crippen molar-refractivity contribution in [2.24, 2.45) is 5.41 Å². The van der Waals surface area contributed by atoms with E-state index in [0.29, 0.717) is 17.6 Å². The number of ether oxygens (including phenoxy) is 1. The summed E-state index contributed by atoms with van der Waals surface area (Å²) in [4.78, 5) is 30.9. The Hall–Kier alpha value is -3.14. The lowest BCUT2D eigenvalue weighted by Gasteiger charge is -2.36. The van der Waals surface area contributed by atoms with Gasteiger partial charge in [-0.3, -0.25) is 4.79 Å². The number of amides is 1. The number of carbonyl (C=O) groups is 2. The van der Waals surface area contributed by atoms with E-state index in [4.69, 9.17) is 4.74 Å². The van der Waals surface area contributed by atoms with Gasteiger partial charge in [0.1, 0.15) is 12.9 Å². The van der Waals surface area contributed by atoms with Crippen LogP contribution in [-0.4, -0.2) is 60.7 Å². The molecule has 1 spiro atoms. The highest BCUT2D eigenvalue weighted by molar-refractivity contribution is 5.91. The molecule has 0 radical (unpaired) electrons. The molecule has 0 unspecified atom stereocenters. The average molecular weight is 423 g/mol. The molecule has 1 saturated carbocycles. The first-order valence-electron chi connectivity index (χ1n) is 10.7. The van der Waals surface area contributed by atoms with Crippen molar-refractivity contribution in [3.8, 4) is 5.82 Å². The molecule has 0 bridgehead atoms. The maximum Gasteiger partial charge on any atom is 0.333 e. The Kier molecular flexibility index (Phi) is 5.01. The predicted octanol–water partition coefficient (Wildman–Crippen LogP) is 1.14. The van der Waals surface area contributed by atoms with Gasteiger partial charge in [-0.05, 0) is 61.1 Å². The minimum absolute atomic E-state index is 0.0996. The molecular weight excluding hydrogens is 398 g/mol. The van der Waals surface area contributed by atoms with Crippen molar-refractivity contribution in [2.45, 2.75) is 57.7 Å². The molecule has 2 aromatic rings. The van der Waals surface area contributed by atoms with Crippen LogP contribution in [0, 0.1) is 5.41 Å². The van der Waals surface area contributed by atoms with Crippen molar-refractivity contribution >= 4 is 11.9 Å². The van der Waals surface area contributed by atoms with Crippen molar-refractivity contribution < 1.29 is 14.3 Å². The number of rotatable bonds is 5. The molecule has 0 aromatic carbocycles. The number of hydrogen-bond acceptors (Lipinski definition) is 8. The second-order valence-corrected chi connectivity index (χ2v) is 8.69. The molecule has 3 aliphatic rings. The van der Waals surface area contributed by atoms with E-state index in [2.05, 4.69) is 32.7 Å². The Morgan fingerprint density at radius 3 is 2.74 bits per heavy atom. The van der Waals surface area contributed by atoms with E-state index in [1.165, 1.54) is 17.1 Å². The number of aromatic nitrogens is 5. The third-order valence-electron chi connectivity index (χ3n) is 6.69. The quantitative estimate of drug-likeness (QED) is 0.712. The summed E-state index contributed by atoms with van der Waals surface area (Å²) < 4.78 is 6.54. The number of carbonyl (C=O) groups excluding carboxylic acids is 2. The maximum atomic E-state index is 13.3. The van der Waals surface area contributed by atoms with Crippen LogP contribution < -0.4 is 5.32 Å². The molecule has 1 aliphatic carbocycles. The van der Waals surface area contributed by atoms with Crippen LogP contribution in [0.4, 0.5) is 0 Å². The second kappa shape index (κ2) is 7.84. The number of likely N-dealkylation sites (tertiary alicyclic amines) is 1. The molecule has 5 rings (SSSR count). The van der Waals surface area contributed by atoms with Gasteiger partial charge >= 0.3 is 5.97 Å². The van der Waals surface area contributed by atoms with Crippen LogP contribution in [0.3, 0.4) is 0 Å². The summed E-state index contributed by atoms with van der Waals surface area (Å²) in [6, 6.07) is 4.38. The van der Waals surface area contributed by atoms with E-state index < -0.39 is 0 Å². The zero-order valence-electron chi connectivity index (χ0n) is 17.4. The van der Waals surface area contributed by atoms with Crippen molar-refractivity contribution in [3.63, 3.8) is 0 Å². The fourth-order valence-electron chi connectivity index (χ4n) is 5.09. The number of hydrogen-bond donors (Lipinski definition) is 1. The molecule has 31 heavy (non-hydrogen) atoms. The zero-order chi connectivity index (χ0) is 21.4. The molecule has 2 aromatic heterocycles. The Morgan fingerprint density at radius 2 is 2.10 bits per heavy atom. The average Bonchev–Trinajstić information content (AvgIpc) is 3.50. The van der Waals surface area contributed by atoms with E-state index in [9.17, 15) is 9.59 Å². The largest absolute Gasteiger partial charge is 0.456 e. The SMILES string of the molecule is C[C@H]1C[C@]2(CC[C@@H](NCc3ccc(-n4cnnn4)nc3)CC2)C(=O)N1C1=CC(=O)OC1. The fourth-order valence-corrected chi connectivity index (χ4v) is 5.09. The van der Waals surface area contributed by atoms with Gasteiger partial charge in [0, 0.05) is 30.9 Å². The van der Waals surface area contributed by atoms with Gasteiger partial charge in [-0.1, -0.05) is 6.07 Å². The number of esters is 1. The molecule has 10 nitrogen and oxygen atoms in total. The second-order valence-electron chi connectivity index (χ2n) is 8.69. The van der Waals surface area contributed by atoms with Gasteiger partial charge in [-0.15, -0.1) is 5.10 Å². The molecule has 1 saturated heterocycles. The first-order valence-corrected chi connectivity index (χ1v) is 10.7. The highest BCUT2D eigenvalue weighted by Crippen LogP contribution is 2.48. The lowest BCUT2D eigenvalue weighted by molar-refractivity contribution is -0.138. The minimum atomic E-state index is -0.357. The van der Waals surface area contributed by atoms with Gasteiger partial charge in [-0.25, -0.2) is 9.78 Å². The molecule has 10 heteroatoms. The Bertz CT molecular complexity index is 994. The van der Waals surface area contributed by atoms with Gasteiger partial charge in [0.15, 0.2) is 5.82 Å². The molecule has 1 amide bonds. The Morgan fingerprint density at radius 1 is 1.26 bits per heavy atom. The number of pyridine rings is 1. The first kappa shape index (κ1) is 19.8. The molecular formula is C21H25N7O3. The lowest BCUT2D eigenvalue weighted by Crippen LogP contribution is -2.42. The smallest absolute Gasteiger partial charge is 0.333 e. The summed E-state index contributed by atoms with van der Waals surface area (Å²) in [5, 5.41) is 14.7. The van der Waals surface area contributed by atoms with Crippen molar-refractivity contribution in [1.29, 1.82) is 0 Å². The van der Waals surface area contributed by atoms with E-state index in [1.807, 2.05) is 18.3 Å². The van der Waals surface area contributed by atoms with Crippen molar-refractivity contribution in [3.05, 3.63) is 42.0 Å². The van der Waals surface area contributed by atoms with Gasteiger partial charge in [-0.2, -0.15) is 4.68 Å². The first-order chi connectivity index (χ1) is 15.0. The van der Waals surface area contributed by atoms with Crippen LogP contribution in [0.2, 0.25) is 0 Å². The van der Waals surface area contributed by atoms with E-state index >= 15 is 0 Å². The summed E-state index contributed by atoms with van der Waals surface area (Å²) in [5.74, 6) is 0.478. The Labute approximate surface area is 179 Å². The summed E-state index contributed by atoms with van der Waals surface area (Å²) >= 11 is 0. The fraction of sp³-hybridized carbons (Fsp3) is 0.524. The third-order valence-corrected chi connectivity index (χ3v) is 6.69. The minimum Gasteiger partial charge on any atom is -0.456 e. The highest BCUT2D eigenvalue weighted by atomic mass is 16.5. The number of nitrogens with one attached hydrogen (secondary N) is 1. The van der Waals surface area contributed by atoms with Crippen LogP contribution >= 0.6 is 0 Å². The molecule has 2 fully saturated rings. The molecule has 4 heterocycles. The Balaban J connectivity index is 1.16. The standard InChI is InChI=1S/C21H25N7O3/c1-14-9-21(20(30)28(14)17-8-19(29)31-12-17)6-4-16(5-7-21)22-10-15-2-3-18(23-11-15)27-13-24-25-26-27/h2-3,8,11,13-14,16,22H,4-7,9-10,12H2,1H3/t14-,16-,21-/m0/s1. The predicted molar refractivity (Wildman–Crippen MR) is 108 cm³/mol. The normalized spacial score (nSPS) is 28.3. The van der Waals surface area contributed by atoms with Crippen LogP contribution in [0.15, 0.2) is 36.4 Å². The van der Waals surface area contributed by atoms with Gasteiger partial charge < -0.3 is 15.0 Å². The van der Waals surface area contributed by atoms with E-state index in [0.717, 1.165) is 44.2 Å². The van der Waals surface area contributed by atoms with Gasteiger partial charge in [0.05, 0.1) is 11.1 Å². The highest BCUT2D eigenvalue weighted by Gasteiger charge is 2.52. The van der Waals surface area contributed by atoms with Crippen molar-refractivity contribution in [1.82, 2.24) is 35.4 Å². The summed E-state index contributed by atoms with van der Waals surface area (Å²) in [7, 11) is 0. The lowest BCUT2D eigenvalue weighted by atomic mass is 9.70. The third kappa shape index (κ3) is 3.71. The number of tetrazole rings is 1. The van der Waals surface area contributed by atoms with Crippen LogP contribution in [0.25, 0.3) is 5.82 Å². The molecule has 1 N–H and O–H groups in total. The topological polar surface area (TPSA) is 115 Å². The summed E-state index contributed by atoms with van der Waals surface area (Å²) in [5.41, 5.74) is 1.49. The maximum absolute atomic E-state index is 13.3. The van der Waals surface area contributed by atoms with Gasteiger partial charge in [0.25, 0.3) is 0 Å². The summed E-state index contributed by atoms with van der Waals surface area (Å²) in [6.07, 6.45) is 9.27. The number of cyclic esters (lactones) is 1. The molecule has 2 aliphatic heterocycles. The molecule has 1 atom stereocenters. The zero-order valence-corrected chi connectivity index (χ0v) is 17.4. The summed E-state index contributed by atoms with van der Waals surface area (Å²) in [6.45, 7) is 2.99. The van der Waals surface area contributed by atoms with Crippen LogP contribution in [-0.2, 0) is 20.9 Å². The monoisotopic (exact) mass is 423 g/mol. The molecule has 162 valence electrons. The van der Waals surface area contributed by atoms with Gasteiger partial charge in [0.2, 0.25) is 5.91 Å². The number of nitrogens with zero attached hydrogens (tertiary/aromatic N) is 6.